The molecule has 0 bridgehead atoms. The van der Waals surface area contributed by atoms with Crippen LogP contribution in [0.3, 0.4) is 0 Å². The van der Waals surface area contributed by atoms with Crippen LogP contribution in [0.4, 0.5) is 0 Å². The van der Waals surface area contributed by atoms with Gasteiger partial charge in [0.2, 0.25) is 0 Å². The Morgan fingerprint density at radius 2 is 0.868 bits per heavy atom. The zero-order chi connectivity index (χ0) is 35.2. The molecule has 0 amide bonds. The second-order valence-electron chi connectivity index (χ2n) is 14.6. The number of fused-ring (bicyclic) bond motifs is 9. The van der Waals surface area contributed by atoms with E-state index in [1.54, 1.807) is 0 Å². The summed E-state index contributed by atoms with van der Waals surface area (Å²) in [5.41, 5.74) is 10.1. The zero-order valence-corrected chi connectivity index (χ0v) is 29.5. The predicted molar refractivity (Wildman–Crippen MR) is 224 cm³/mol. The Morgan fingerprint density at radius 1 is 0.358 bits per heavy atom. The van der Waals surface area contributed by atoms with E-state index in [0.29, 0.717) is 5.92 Å². The Bertz CT molecular complexity index is 3210. The van der Waals surface area contributed by atoms with Gasteiger partial charge in [0.05, 0.1) is 0 Å². The molecule has 250 valence electrons. The van der Waals surface area contributed by atoms with Crippen molar-refractivity contribution in [2.45, 2.75) is 19.8 Å². The highest BCUT2D eigenvalue weighted by atomic mass is 16.3. The first kappa shape index (κ1) is 30.0. The van der Waals surface area contributed by atoms with E-state index in [4.69, 9.17) is 8.83 Å². The fraction of sp³-hybridized carbons (Fsp3) is 0.0588. The highest BCUT2D eigenvalue weighted by molar-refractivity contribution is 6.23. The van der Waals surface area contributed by atoms with Gasteiger partial charge >= 0.3 is 0 Å². The van der Waals surface area contributed by atoms with Crippen LogP contribution >= 0.6 is 0 Å². The Hall–Kier alpha value is -6.64. The molecule has 53 heavy (non-hydrogen) atoms. The number of hydrogen-bond acceptors (Lipinski definition) is 2. The molecular formula is C51H34O2. The Balaban J connectivity index is 1.08. The van der Waals surface area contributed by atoms with Crippen LogP contribution in [0.2, 0.25) is 0 Å². The van der Waals surface area contributed by atoms with Gasteiger partial charge in [-0.05, 0) is 119 Å². The molecule has 0 radical (unpaired) electrons. The number of rotatable bonds is 4. The van der Waals surface area contributed by atoms with E-state index >= 15 is 0 Å². The predicted octanol–water partition coefficient (Wildman–Crippen LogP) is 15.1. The van der Waals surface area contributed by atoms with Gasteiger partial charge in [0.25, 0.3) is 0 Å². The van der Waals surface area contributed by atoms with E-state index in [9.17, 15) is 0 Å². The lowest BCUT2D eigenvalue weighted by Crippen LogP contribution is -1.91. The molecule has 0 spiro atoms. The average molecular weight is 679 g/mol. The topological polar surface area (TPSA) is 26.3 Å². The summed E-state index contributed by atoms with van der Waals surface area (Å²) in [7, 11) is 0. The molecular weight excluding hydrogens is 645 g/mol. The van der Waals surface area contributed by atoms with Gasteiger partial charge in [-0.1, -0.05) is 135 Å². The zero-order valence-electron chi connectivity index (χ0n) is 29.5. The summed E-state index contributed by atoms with van der Waals surface area (Å²) in [6.45, 7) is 4.35. The van der Waals surface area contributed by atoms with Gasteiger partial charge in [0.1, 0.15) is 22.5 Å². The number of para-hydroxylation sites is 1. The molecule has 0 fully saturated rings. The van der Waals surface area contributed by atoms with Crippen molar-refractivity contribution in [3.63, 3.8) is 0 Å². The molecule has 0 aliphatic heterocycles. The molecule has 0 saturated carbocycles. The van der Waals surface area contributed by atoms with Gasteiger partial charge < -0.3 is 8.83 Å². The van der Waals surface area contributed by atoms with Crippen LogP contribution in [-0.2, 0) is 0 Å². The Labute approximate surface area is 306 Å². The first-order valence-corrected chi connectivity index (χ1v) is 18.4. The maximum absolute atomic E-state index is 6.41. The van der Waals surface area contributed by atoms with E-state index < -0.39 is 0 Å². The minimum absolute atomic E-state index is 0.340. The quantitative estimate of drug-likeness (QED) is 0.173. The molecule has 0 N–H and O–H groups in total. The first-order chi connectivity index (χ1) is 26.1. The van der Waals surface area contributed by atoms with Gasteiger partial charge in [-0.2, -0.15) is 0 Å². The van der Waals surface area contributed by atoms with Gasteiger partial charge in [0.15, 0.2) is 0 Å². The lowest BCUT2D eigenvalue weighted by atomic mass is 9.85. The average Bonchev–Trinajstić information content (AvgIpc) is 3.81. The van der Waals surface area contributed by atoms with Crippen LogP contribution in [-0.4, -0.2) is 0 Å². The molecule has 0 atom stereocenters. The third kappa shape index (κ3) is 4.59. The van der Waals surface area contributed by atoms with E-state index in [2.05, 4.69) is 172 Å². The maximum Gasteiger partial charge on any atom is 0.136 e. The molecule has 0 aliphatic rings. The third-order valence-corrected chi connectivity index (χ3v) is 11.1. The minimum Gasteiger partial charge on any atom is -0.461 e. The molecule has 2 heterocycles. The summed E-state index contributed by atoms with van der Waals surface area (Å²) in [6.07, 6.45) is 0. The van der Waals surface area contributed by atoms with Crippen molar-refractivity contribution in [1.29, 1.82) is 0 Å². The van der Waals surface area contributed by atoms with Crippen molar-refractivity contribution in [3.8, 4) is 33.4 Å². The molecule has 2 heteroatoms. The Kier molecular flexibility index (Phi) is 6.48. The van der Waals surface area contributed by atoms with Crippen LogP contribution < -0.4 is 0 Å². The van der Waals surface area contributed by atoms with Gasteiger partial charge in [-0.25, -0.2) is 0 Å². The Morgan fingerprint density at radius 3 is 1.51 bits per heavy atom. The van der Waals surface area contributed by atoms with Crippen molar-refractivity contribution in [1.82, 2.24) is 0 Å². The first-order valence-electron chi connectivity index (χ1n) is 18.4. The summed E-state index contributed by atoms with van der Waals surface area (Å²) < 4.78 is 12.6. The monoisotopic (exact) mass is 678 g/mol. The molecule has 2 nitrogen and oxygen atoms in total. The van der Waals surface area contributed by atoms with Crippen LogP contribution in [0.25, 0.3) is 109 Å². The van der Waals surface area contributed by atoms with Gasteiger partial charge in [0, 0.05) is 22.1 Å². The number of benzene rings is 9. The van der Waals surface area contributed by atoms with E-state index in [1.807, 2.05) is 6.07 Å². The summed E-state index contributed by atoms with van der Waals surface area (Å²) in [5.74, 6) is 1.36. The van der Waals surface area contributed by atoms with Crippen LogP contribution in [0, 0.1) is 0 Å². The van der Waals surface area contributed by atoms with E-state index in [0.717, 1.165) is 33.3 Å². The minimum atomic E-state index is 0.340. The van der Waals surface area contributed by atoms with Gasteiger partial charge in [-0.15, -0.1) is 0 Å². The van der Waals surface area contributed by atoms with Crippen molar-refractivity contribution in [2.24, 2.45) is 0 Å². The van der Waals surface area contributed by atoms with E-state index in [-0.39, 0.29) is 0 Å². The smallest absolute Gasteiger partial charge is 0.136 e. The van der Waals surface area contributed by atoms with Crippen LogP contribution in [0.5, 0.6) is 0 Å². The summed E-state index contributed by atoms with van der Waals surface area (Å²) in [6, 6.07) is 59.6. The van der Waals surface area contributed by atoms with Crippen molar-refractivity contribution in [3.05, 3.63) is 170 Å². The summed E-state index contributed by atoms with van der Waals surface area (Å²) >= 11 is 0. The van der Waals surface area contributed by atoms with Crippen molar-refractivity contribution in [2.75, 3.05) is 0 Å². The molecule has 0 aliphatic carbocycles. The second kappa shape index (κ2) is 11.4. The standard InChI is InChI=1S/C51H34O2/c1-30(2)47-28-36-27-35(23-24-45(36)52-47)50-41-15-7-5-13-39(41)49(40-14-6-8-16-42(40)50)34-22-20-31-25-33(21-19-32(31)26-34)44-29-48-51(38-12-4-3-11-37(38)44)43-17-9-10-18-46(43)53-48/h3-30H,1-2H3. The SMILES string of the molecule is CC(C)c1cc2cc(-c3c4ccccc4c(-c4ccc5cc(-c6cc7oc8ccccc8c7c7ccccc67)ccc5c4)c4ccccc34)ccc2o1. The number of hydrogen-bond donors (Lipinski definition) is 0. The van der Waals surface area contributed by atoms with Crippen LogP contribution in [0.15, 0.2) is 173 Å². The van der Waals surface area contributed by atoms with Crippen molar-refractivity contribution >= 4 is 76.0 Å². The molecule has 0 saturated heterocycles. The fourth-order valence-electron chi connectivity index (χ4n) is 8.65. The molecule has 9 aromatic carbocycles. The number of furan rings is 2. The normalized spacial score (nSPS) is 12.1. The van der Waals surface area contributed by atoms with Crippen LogP contribution in [0.1, 0.15) is 25.5 Å². The summed E-state index contributed by atoms with van der Waals surface area (Å²) in [5, 5.41) is 13.3. The molecule has 11 aromatic rings. The largest absolute Gasteiger partial charge is 0.461 e. The lowest BCUT2D eigenvalue weighted by Gasteiger charge is -2.18. The molecule has 0 unspecified atom stereocenters. The molecule has 11 rings (SSSR count). The highest BCUT2D eigenvalue weighted by Crippen LogP contribution is 2.46. The highest BCUT2D eigenvalue weighted by Gasteiger charge is 2.19. The van der Waals surface area contributed by atoms with Gasteiger partial charge in [-0.3, -0.25) is 0 Å². The maximum atomic E-state index is 6.41. The van der Waals surface area contributed by atoms with E-state index in [1.165, 1.54) is 81.9 Å². The summed E-state index contributed by atoms with van der Waals surface area (Å²) in [4.78, 5) is 0. The lowest BCUT2D eigenvalue weighted by molar-refractivity contribution is 0.522. The third-order valence-electron chi connectivity index (χ3n) is 11.1. The fourth-order valence-corrected chi connectivity index (χ4v) is 8.65. The second-order valence-corrected chi connectivity index (χ2v) is 14.6. The van der Waals surface area contributed by atoms with Crippen molar-refractivity contribution < 1.29 is 8.83 Å². The molecule has 2 aromatic heterocycles.